The standard InChI is InChI=1S/C21H36S/c1-8-12-22-13-10-9-11-17-14-18(20(2,3)4)16-19(15-17)21(5,6)7/h14-16H,8-13H2,1-7H3. The van der Waals surface area contributed by atoms with Crippen LogP contribution in [-0.4, -0.2) is 11.5 Å². The highest BCUT2D eigenvalue weighted by atomic mass is 32.2. The summed E-state index contributed by atoms with van der Waals surface area (Å²) in [5.41, 5.74) is 4.95. The van der Waals surface area contributed by atoms with Crippen LogP contribution in [0.15, 0.2) is 18.2 Å². The zero-order valence-corrected chi connectivity index (χ0v) is 16.7. The molecule has 0 amide bonds. The quantitative estimate of drug-likeness (QED) is 0.501. The summed E-state index contributed by atoms with van der Waals surface area (Å²) >= 11 is 2.10. The van der Waals surface area contributed by atoms with Gasteiger partial charge in [-0.05, 0) is 64.7 Å². The van der Waals surface area contributed by atoms with Crippen molar-refractivity contribution in [2.45, 2.75) is 85.0 Å². The van der Waals surface area contributed by atoms with Crippen LogP contribution >= 0.6 is 11.8 Å². The molecule has 0 fully saturated rings. The third-order valence-electron chi connectivity index (χ3n) is 4.08. The zero-order chi connectivity index (χ0) is 16.8. The first-order valence-corrected chi connectivity index (χ1v) is 10.0. The molecule has 0 saturated heterocycles. The molecule has 1 aromatic carbocycles. The van der Waals surface area contributed by atoms with Crippen molar-refractivity contribution in [1.29, 1.82) is 0 Å². The molecule has 0 aliphatic heterocycles. The fourth-order valence-electron chi connectivity index (χ4n) is 2.48. The van der Waals surface area contributed by atoms with Gasteiger partial charge < -0.3 is 0 Å². The Morgan fingerprint density at radius 2 is 1.32 bits per heavy atom. The van der Waals surface area contributed by atoms with Gasteiger partial charge in [-0.1, -0.05) is 66.7 Å². The molecule has 0 saturated carbocycles. The van der Waals surface area contributed by atoms with Crippen LogP contribution in [0.3, 0.4) is 0 Å². The lowest BCUT2D eigenvalue weighted by Crippen LogP contribution is -2.17. The molecule has 22 heavy (non-hydrogen) atoms. The van der Waals surface area contributed by atoms with Crippen LogP contribution in [0.25, 0.3) is 0 Å². The molecule has 0 bridgehead atoms. The number of hydrogen-bond donors (Lipinski definition) is 0. The molecule has 126 valence electrons. The molecule has 1 rings (SSSR count). The summed E-state index contributed by atoms with van der Waals surface area (Å²) in [4.78, 5) is 0. The van der Waals surface area contributed by atoms with Crippen LogP contribution in [-0.2, 0) is 17.3 Å². The van der Waals surface area contributed by atoms with Gasteiger partial charge in [0, 0.05) is 0 Å². The van der Waals surface area contributed by atoms with Crippen molar-refractivity contribution in [3.8, 4) is 0 Å². The summed E-state index contributed by atoms with van der Waals surface area (Å²) in [5, 5.41) is 0. The van der Waals surface area contributed by atoms with Crippen LogP contribution in [0.1, 0.15) is 84.4 Å². The fraction of sp³-hybridized carbons (Fsp3) is 0.714. The molecule has 0 nitrogen and oxygen atoms in total. The Bertz CT molecular complexity index is 414. The van der Waals surface area contributed by atoms with E-state index in [-0.39, 0.29) is 10.8 Å². The van der Waals surface area contributed by atoms with Gasteiger partial charge >= 0.3 is 0 Å². The summed E-state index contributed by atoms with van der Waals surface area (Å²) in [6.45, 7) is 16.2. The first-order valence-electron chi connectivity index (χ1n) is 8.87. The first kappa shape index (κ1) is 19.6. The lowest BCUT2D eigenvalue weighted by atomic mass is 9.79. The molecule has 0 aliphatic carbocycles. The molecule has 0 N–H and O–H groups in total. The van der Waals surface area contributed by atoms with Crippen molar-refractivity contribution in [3.63, 3.8) is 0 Å². The maximum atomic E-state index is 2.44. The van der Waals surface area contributed by atoms with E-state index in [9.17, 15) is 0 Å². The largest absolute Gasteiger partial charge is 0.162 e. The second-order valence-electron chi connectivity index (χ2n) is 8.49. The average molecular weight is 321 g/mol. The van der Waals surface area contributed by atoms with Gasteiger partial charge in [0.15, 0.2) is 0 Å². The minimum Gasteiger partial charge on any atom is -0.162 e. The van der Waals surface area contributed by atoms with Crippen LogP contribution in [0.2, 0.25) is 0 Å². The SMILES string of the molecule is CCCSCCCCc1cc(C(C)(C)C)cc(C(C)(C)C)c1. The van der Waals surface area contributed by atoms with Crippen LogP contribution < -0.4 is 0 Å². The lowest BCUT2D eigenvalue weighted by Gasteiger charge is -2.26. The first-order chi connectivity index (χ1) is 10.1. The Balaban J connectivity index is 2.77. The number of unbranched alkanes of at least 4 members (excludes halogenated alkanes) is 1. The molecule has 1 heteroatoms. The summed E-state index contributed by atoms with van der Waals surface area (Å²) in [6, 6.07) is 7.30. The molecular weight excluding hydrogens is 284 g/mol. The maximum Gasteiger partial charge on any atom is -0.00674 e. The Kier molecular flexibility index (Phi) is 7.52. The van der Waals surface area contributed by atoms with Crippen LogP contribution in [0, 0.1) is 0 Å². The molecule has 0 unspecified atom stereocenters. The second-order valence-corrected chi connectivity index (χ2v) is 9.71. The average Bonchev–Trinajstić information content (AvgIpc) is 2.40. The molecule has 0 aliphatic rings. The highest BCUT2D eigenvalue weighted by Crippen LogP contribution is 2.30. The minimum atomic E-state index is 0.229. The summed E-state index contributed by atoms with van der Waals surface area (Å²) in [5.74, 6) is 2.63. The number of thioether (sulfide) groups is 1. The van der Waals surface area contributed by atoms with Gasteiger partial charge in [0.25, 0.3) is 0 Å². The highest BCUT2D eigenvalue weighted by molar-refractivity contribution is 7.99. The van der Waals surface area contributed by atoms with Crippen LogP contribution in [0.4, 0.5) is 0 Å². The van der Waals surface area contributed by atoms with Crippen molar-refractivity contribution in [2.75, 3.05) is 11.5 Å². The van der Waals surface area contributed by atoms with Gasteiger partial charge in [0.1, 0.15) is 0 Å². The monoisotopic (exact) mass is 320 g/mol. The predicted octanol–water partition coefficient (Wildman–Crippen LogP) is 6.75. The van der Waals surface area contributed by atoms with E-state index < -0.39 is 0 Å². The number of hydrogen-bond acceptors (Lipinski definition) is 1. The lowest BCUT2D eigenvalue weighted by molar-refractivity contribution is 0.566. The third-order valence-corrected chi connectivity index (χ3v) is 5.35. The van der Waals surface area contributed by atoms with Crippen molar-refractivity contribution in [2.24, 2.45) is 0 Å². The third kappa shape index (κ3) is 6.77. The Morgan fingerprint density at radius 1 is 0.773 bits per heavy atom. The van der Waals surface area contributed by atoms with E-state index >= 15 is 0 Å². The topological polar surface area (TPSA) is 0 Å². The molecule has 1 aromatic rings. The van der Waals surface area contributed by atoms with E-state index in [1.807, 2.05) is 0 Å². The Hall–Kier alpha value is -0.430. The molecule has 0 heterocycles. The second kappa shape index (κ2) is 8.43. The molecule has 0 radical (unpaired) electrons. The number of aryl methyl sites for hydroxylation is 1. The van der Waals surface area contributed by atoms with Gasteiger partial charge in [-0.2, -0.15) is 11.8 Å². The Morgan fingerprint density at radius 3 is 1.77 bits per heavy atom. The van der Waals surface area contributed by atoms with Crippen molar-refractivity contribution >= 4 is 11.8 Å². The molecular formula is C21H36S. The van der Waals surface area contributed by atoms with E-state index in [0.717, 1.165) is 0 Å². The highest BCUT2D eigenvalue weighted by Gasteiger charge is 2.20. The van der Waals surface area contributed by atoms with E-state index in [0.29, 0.717) is 0 Å². The summed E-state index contributed by atoms with van der Waals surface area (Å²) in [7, 11) is 0. The summed E-state index contributed by atoms with van der Waals surface area (Å²) in [6.07, 6.45) is 5.18. The molecule has 0 atom stereocenters. The number of rotatable bonds is 7. The van der Waals surface area contributed by atoms with Crippen molar-refractivity contribution in [3.05, 3.63) is 34.9 Å². The van der Waals surface area contributed by atoms with Crippen molar-refractivity contribution < 1.29 is 0 Å². The minimum absolute atomic E-state index is 0.229. The summed E-state index contributed by atoms with van der Waals surface area (Å²) < 4.78 is 0. The Labute approximate surface area is 143 Å². The normalized spacial score (nSPS) is 12.7. The van der Waals surface area contributed by atoms with E-state index in [2.05, 4.69) is 78.4 Å². The van der Waals surface area contributed by atoms with Gasteiger partial charge in [-0.3, -0.25) is 0 Å². The smallest absolute Gasteiger partial charge is 0.00674 e. The maximum absolute atomic E-state index is 2.44. The van der Waals surface area contributed by atoms with Gasteiger partial charge in [-0.15, -0.1) is 0 Å². The fourth-order valence-corrected chi connectivity index (χ4v) is 3.38. The van der Waals surface area contributed by atoms with E-state index in [1.54, 1.807) is 0 Å². The number of benzene rings is 1. The van der Waals surface area contributed by atoms with E-state index in [1.165, 1.54) is 53.9 Å². The predicted molar refractivity (Wildman–Crippen MR) is 104 cm³/mol. The van der Waals surface area contributed by atoms with E-state index in [4.69, 9.17) is 0 Å². The van der Waals surface area contributed by atoms with Gasteiger partial charge in [0.05, 0.1) is 0 Å². The van der Waals surface area contributed by atoms with Gasteiger partial charge in [-0.25, -0.2) is 0 Å². The zero-order valence-electron chi connectivity index (χ0n) is 15.9. The molecule has 0 spiro atoms. The van der Waals surface area contributed by atoms with Crippen LogP contribution in [0.5, 0.6) is 0 Å². The molecule has 0 aromatic heterocycles. The van der Waals surface area contributed by atoms with Gasteiger partial charge in [0.2, 0.25) is 0 Å². The van der Waals surface area contributed by atoms with Crippen molar-refractivity contribution in [1.82, 2.24) is 0 Å².